The predicted molar refractivity (Wildman–Crippen MR) is 108 cm³/mol. The number of hydrogen-bond acceptors (Lipinski definition) is 5. The Balaban J connectivity index is 1.25. The molecule has 1 aromatic heterocycles. The first kappa shape index (κ1) is 20.3. The Morgan fingerprint density at radius 3 is 2.56 bits per heavy atom. The van der Waals surface area contributed by atoms with Gasteiger partial charge in [0.25, 0.3) is 0 Å². The van der Waals surface area contributed by atoms with Crippen molar-refractivity contribution >= 4 is 11.3 Å². The van der Waals surface area contributed by atoms with Crippen LogP contribution < -0.4 is 4.74 Å². The van der Waals surface area contributed by atoms with E-state index < -0.39 is 6.10 Å². The highest BCUT2D eigenvalue weighted by Gasteiger charge is 2.14. The summed E-state index contributed by atoms with van der Waals surface area (Å²) in [6.45, 7) is 2.23. The van der Waals surface area contributed by atoms with Crippen LogP contribution in [0, 0.1) is 0 Å². The normalized spacial score (nSPS) is 15.9. The highest BCUT2D eigenvalue weighted by molar-refractivity contribution is 7.10. The van der Waals surface area contributed by atoms with Gasteiger partial charge in [0.05, 0.1) is 19.8 Å². The minimum atomic E-state index is -0.575. The molecule has 1 aliphatic heterocycles. The summed E-state index contributed by atoms with van der Waals surface area (Å²) in [6.07, 6.45) is 7.67. The fraction of sp³-hybridized carbons (Fsp3) is 0.545. The Hall–Kier alpha value is -1.40. The molecule has 2 heterocycles. The molecule has 1 N–H and O–H groups in total. The minimum Gasteiger partial charge on any atom is -0.494 e. The maximum absolute atomic E-state index is 10.4. The van der Waals surface area contributed by atoms with Gasteiger partial charge in [-0.15, -0.1) is 11.3 Å². The van der Waals surface area contributed by atoms with Crippen LogP contribution in [0.25, 0.3) is 0 Å². The van der Waals surface area contributed by atoms with Gasteiger partial charge in [0, 0.05) is 4.88 Å². The van der Waals surface area contributed by atoms with Gasteiger partial charge in [-0.3, -0.25) is 0 Å². The zero-order valence-corrected chi connectivity index (χ0v) is 16.7. The van der Waals surface area contributed by atoms with E-state index in [0.717, 1.165) is 48.9 Å². The van der Waals surface area contributed by atoms with Crippen molar-refractivity contribution in [2.75, 3.05) is 19.8 Å². The van der Waals surface area contributed by atoms with Crippen LogP contribution in [0.1, 0.15) is 61.5 Å². The number of thiophene rings is 1. The molecular weight excluding hydrogens is 360 g/mol. The lowest BCUT2D eigenvalue weighted by atomic mass is 10.1. The molecule has 0 radical (unpaired) electrons. The standard InChI is InChI=1S/C22H30O4S/c23-22(20-11-8-16-27-20)18-9-7-10-19(17-18)24-13-6-4-2-1-3-5-12-21-25-14-15-26-21/h7-11,16-17,21-23H,1-6,12-15H2. The van der Waals surface area contributed by atoms with Crippen LogP contribution in [-0.4, -0.2) is 31.2 Å². The second-order valence-corrected chi connectivity index (χ2v) is 7.90. The van der Waals surface area contributed by atoms with Gasteiger partial charge in [-0.2, -0.15) is 0 Å². The van der Waals surface area contributed by atoms with Crippen molar-refractivity contribution in [2.45, 2.75) is 57.3 Å². The van der Waals surface area contributed by atoms with E-state index in [1.165, 1.54) is 32.1 Å². The molecular formula is C22H30O4S. The second kappa shape index (κ2) is 11.4. The molecule has 148 valence electrons. The maximum atomic E-state index is 10.4. The maximum Gasteiger partial charge on any atom is 0.157 e. The van der Waals surface area contributed by atoms with E-state index in [2.05, 4.69) is 0 Å². The lowest BCUT2D eigenvalue weighted by molar-refractivity contribution is -0.0480. The van der Waals surface area contributed by atoms with Crippen LogP contribution >= 0.6 is 11.3 Å². The van der Waals surface area contributed by atoms with E-state index in [0.29, 0.717) is 0 Å². The molecule has 0 saturated carbocycles. The number of hydrogen-bond donors (Lipinski definition) is 1. The van der Waals surface area contributed by atoms with Gasteiger partial charge >= 0.3 is 0 Å². The zero-order chi connectivity index (χ0) is 18.7. The number of aliphatic hydroxyl groups excluding tert-OH is 1. The average Bonchev–Trinajstić information content (AvgIpc) is 3.40. The van der Waals surface area contributed by atoms with Crippen molar-refractivity contribution < 1.29 is 19.3 Å². The van der Waals surface area contributed by atoms with Crippen LogP contribution in [0.15, 0.2) is 41.8 Å². The molecule has 5 heteroatoms. The van der Waals surface area contributed by atoms with Gasteiger partial charge < -0.3 is 19.3 Å². The Morgan fingerprint density at radius 1 is 1.00 bits per heavy atom. The number of aliphatic hydroxyl groups is 1. The first-order valence-electron chi connectivity index (χ1n) is 10.0. The fourth-order valence-corrected chi connectivity index (χ4v) is 4.01. The van der Waals surface area contributed by atoms with Crippen molar-refractivity contribution in [3.05, 3.63) is 52.2 Å². The van der Waals surface area contributed by atoms with Crippen LogP contribution in [0.2, 0.25) is 0 Å². The van der Waals surface area contributed by atoms with Crippen molar-refractivity contribution in [1.29, 1.82) is 0 Å². The summed E-state index contributed by atoms with van der Waals surface area (Å²) in [4.78, 5) is 0.957. The van der Waals surface area contributed by atoms with E-state index >= 15 is 0 Å². The highest BCUT2D eigenvalue weighted by Crippen LogP contribution is 2.28. The van der Waals surface area contributed by atoms with E-state index in [4.69, 9.17) is 14.2 Å². The number of rotatable bonds is 12. The molecule has 1 aliphatic rings. The van der Waals surface area contributed by atoms with Crippen LogP contribution in [0.4, 0.5) is 0 Å². The van der Waals surface area contributed by atoms with E-state index in [9.17, 15) is 5.11 Å². The first-order chi connectivity index (χ1) is 13.3. The summed E-state index contributed by atoms with van der Waals surface area (Å²) in [6, 6.07) is 11.7. The van der Waals surface area contributed by atoms with Gasteiger partial charge in [0.1, 0.15) is 11.9 Å². The highest BCUT2D eigenvalue weighted by atomic mass is 32.1. The molecule has 0 bridgehead atoms. The van der Waals surface area contributed by atoms with E-state index in [1.54, 1.807) is 11.3 Å². The smallest absolute Gasteiger partial charge is 0.157 e. The SMILES string of the molecule is OC(c1cccc(OCCCCCCCCC2OCCO2)c1)c1cccs1. The average molecular weight is 391 g/mol. The van der Waals surface area contributed by atoms with Crippen LogP contribution in [0.3, 0.4) is 0 Å². The molecule has 27 heavy (non-hydrogen) atoms. The van der Waals surface area contributed by atoms with Crippen molar-refractivity contribution in [3.8, 4) is 5.75 Å². The van der Waals surface area contributed by atoms with Gasteiger partial charge in [-0.25, -0.2) is 0 Å². The number of unbranched alkanes of at least 4 members (excludes halogenated alkanes) is 5. The summed E-state index contributed by atoms with van der Waals surface area (Å²) in [7, 11) is 0. The number of ether oxygens (including phenoxy) is 3. The quantitative estimate of drug-likeness (QED) is 0.499. The van der Waals surface area contributed by atoms with Crippen LogP contribution in [-0.2, 0) is 9.47 Å². The van der Waals surface area contributed by atoms with Gasteiger partial charge in [0.2, 0.25) is 0 Å². The third-order valence-corrected chi connectivity index (χ3v) is 5.70. The van der Waals surface area contributed by atoms with Gasteiger partial charge in [-0.1, -0.05) is 43.9 Å². The van der Waals surface area contributed by atoms with Crippen molar-refractivity contribution in [2.24, 2.45) is 0 Å². The monoisotopic (exact) mass is 390 g/mol. The molecule has 1 saturated heterocycles. The molecule has 1 unspecified atom stereocenters. The summed E-state index contributed by atoms with van der Waals surface area (Å²) >= 11 is 1.57. The Bertz CT molecular complexity index is 638. The van der Waals surface area contributed by atoms with E-state index in [-0.39, 0.29) is 6.29 Å². The largest absolute Gasteiger partial charge is 0.494 e. The molecule has 1 aromatic carbocycles. The second-order valence-electron chi connectivity index (χ2n) is 6.92. The summed E-state index contributed by atoms with van der Waals surface area (Å²) < 4.78 is 16.8. The molecule has 0 amide bonds. The summed E-state index contributed by atoms with van der Waals surface area (Å²) in [5, 5.41) is 12.4. The van der Waals surface area contributed by atoms with Crippen molar-refractivity contribution in [3.63, 3.8) is 0 Å². The predicted octanol–water partition coefficient (Wildman–Crippen LogP) is 5.31. The fourth-order valence-electron chi connectivity index (χ4n) is 3.27. The lowest BCUT2D eigenvalue weighted by Crippen LogP contribution is -2.06. The molecule has 0 aliphatic carbocycles. The third kappa shape index (κ3) is 6.92. The molecule has 3 rings (SSSR count). The van der Waals surface area contributed by atoms with Gasteiger partial charge in [-0.05, 0) is 48.4 Å². The zero-order valence-electron chi connectivity index (χ0n) is 15.8. The molecule has 4 nitrogen and oxygen atoms in total. The topological polar surface area (TPSA) is 47.9 Å². The third-order valence-electron chi connectivity index (χ3n) is 4.78. The van der Waals surface area contributed by atoms with Crippen molar-refractivity contribution in [1.82, 2.24) is 0 Å². The van der Waals surface area contributed by atoms with Crippen LogP contribution in [0.5, 0.6) is 5.75 Å². The Morgan fingerprint density at radius 2 is 1.78 bits per heavy atom. The van der Waals surface area contributed by atoms with Gasteiger partial charge in [0.15, 0.2) is 6.29 Å². The lowest BCUT2D eigenvalue weighted by Gasteiger charge is -2.12. The summed E-state index contributed by atoms with van der Waals surface area (Å²) in [5.41, 5.74) is 0.880. The minimum absolute atomic E-state index is 0.0486. The molecule has 1 fully saturated rings. The number of benzene rings is 1. The van der Waals surface area contributed by atoms with E-state index in [1.807, 2.05) is 41.8 Å². The Kier molecular flexibility index (Phi) is 8.62. The molecule has 2 aromatic rings. The summed E-state index contributed by atoms with van der Waals surface area (Å²) in [5.74, 6) is 0.833. The Labute approximate surface area is 166 Å². The first-order valence-corrected chi connectivity index (χ1v) is 10.9. The molecule has 1 atom stereocenters. The molecule has 0 spiro atoms.